The van der Waals surface area contributed by atoms with Gasteiger partial charge in [-0.25, -0.2) is 4.79 Å². The zero-order valence-electron chi connectivity index (χ0n) is 17.1. The molecule has 31 heavy (non-hydrogen) atoms. The van der Waals surface area contributed by atoms with Gasteiger partial charge in [-0.05, 0) is 30.7 Å². The maximum absolute atomic E-state index is 12.6. The van der Waals surface area contributed by atoms with E-state index in [-0.39, 0.29) is 19.1 Å². The van der Waals surface area contributed by atoms with Crippen LogP contribution < -0.4 is 15.4 Å². The lowest BCUT2D eigenvalue weighted by Crippen LogP contribution is -2.21. The van der Waals surface area contributed by atoms with E-state index in [1.54, 1.807) is 31.2 Å². The van der Waals surface area contributed by atoms with Crippen LogP contribution in [0.15, 0.2) is 60.0 Å². The zero-order valence-corrected chi connectivity index (χ0v) is 18.0. The van der Waals surface area contributed by atoms with Crippen molar-refractivity contribution < 1.29 is 23.9 Å². The van der Waals surface area contributed by atoms with Crippen LogP contribution in [0.1, 0.15) is 27.6 Å². The molecule has 8 heteroatoms. The number of amides is 2. The third-order valence-electron chi connectivity index (χ3n) is 4.30. The van der Waals surface area contributed by atoms with Crippen LogP contribution in [0.4, 0.5) is 5.00 Å². The summed E-state index contributed by atoms with van der Waals surface area (Å²) in [6, 6.07) is 15.9. The molecular weight excluding hydrogens is 416 g/mol. The number of benzene rings is 2. The van der Waals surface area contributed by atoms with Crippen molar-refractivity contribution in [2.45, 2.75) is 6.92 Å². The first-order valence-electron chi connectivity index (χ1n) is 9.62. The molecule has 3 aromatic rings. The van der Waals surface area contributed by atoms with Gasteiger partial charge in [0.25, 0.3) is 11.8 Å². The highest BCUT2D eigenvalue weighted by molar-refractivity contribution is 7.15. The predicted molar refractivity (Wildman–Crippen MR) is 120 cm³/mol. The fourth-order valence-electron chi connectivity index (χ4n) is 2.87. The third kappa shape index (κ3) is 5.49. The van der Waals surface area contributed by atoms with Crippen LogP contribution in [-0.2, 0) is 9.53 Å². The minimum atomic E-state index is -0.503. The van der Waals surface area contributed by atoms with Crippen LogP contribution in [0.25, 0.3) is 11.1 Å². The van der Waals surface area contributed by atoms with Gasteiger partial charge in [0.1, 0.15) is 16.3 Å². The van der Waals surface area contributed by atoms with Crippen molar-refractivity contribution in [3.8, 4) is 16.9 Å². The molecule has 1 aromatic heterocycles. The number of carbonyl (C=O) groups excluding carboxylic acids is 3. The number of rotatable bonds is 8. The van der Waals surface area contributed by atoms with Crippen molar-refractivity contribution in [1.82, 2.24) is 5.32 Å². The molecule has 0 radical (unpaired) electrons. The highest BCUT2D eigenvalue weighted by atomic mass is 32.1. The van der Waals surface area contributed by atoms with E-state index in [9.17, 15) is 14.4 Å². The zero-order chi connectivity index (χ0) is 22.2. The van der Waals surface area contributed by atoms with Gasteiger partial charge in [0.05, 0.1) is 6.61 Å². The van der Waals surface area contributed by atoms with Crippen molar-refractivity contribution in [3.63, 3.8) is 0 Å². The summed E-state index contributed by atoms with van der Waals surface area (Å²) in [5.41, 5.74) is 2.28. The Bertz CT molecular complexity index is 1080. The highest BCUT2D eigenvalue weighted by Gasteiger charge is 2.22. The van der Waals surface area contributed by atoms with Crippen molar-refractivity contribution in [1.29, 1.82) is 0 Å². The molecule has 2 N–H and O–H groups in total. The summed E-state index contributed by atoms with van der Waals surface area (Å²) in [7, 11) is 1.54. The van der Waals surface area contributed by atoms with Gasteiger partial charge in [0.2, 0.25) is 0 Å². The van der Waals surface area contributed by atoms with E-state index < -0.39 is 11.9 Å². The lowest BCUT2D eigenvalue weighted by atomic mass is 10.0. The largest absolute Gasteiger partial charge is 0.484 e. The highest BCUT2D eigenvalue weighted by Crippen LogP contribution is 2.36. The predicted octanol–water partition coefficient (Wildman–Crippen LogP) is 3.97. The molecule has 0 spiro atoms. The maximum atomic E-state index is 12.6. The van der Waals surface area contributed by atoms with Crippen molar-refractivity contribution in [3.05, 3.63) is 71.1 Å². The molecule has 0 atom stereocenters. The van der Waals surface area contributed by atoms with Crippen LogP contribution in [0.5, 0.6) is 5.75 Å². The molecule has 1 heterocycles. The molecule has 0 saturated heterocycles. The molecule has 0 bridgehead atoms. The van der Waals surface area contributed by atoms with E-state index in [0.717, 1.165) is 5.56 Å². The number of carbonyl (C=O) groups is 3. The molecular formula is C23H22N2O5S. The van der Waals surface area contributed by atoms with E-state index >= 15 is 0 Å². The Balaban J connectivity index is 1.75. The molecule has 0 saturated carbocycles. The van der Waals surface area contributed by atoms with Gasteiger partial charge in [0.15, 0.2) is 6.61 Å². The van der Waals surface area contributed by atoms with Crippen LogP contribution in [0.2, 0.25) is 0 Å². The van der Waals surface area contributed by atoms with Crippen molar-refractivity contribution >= 4 is 34.1 Å². The minimum Gasteiger partial charge on any atom is -0.484 e. The molecule has 7 nitrogen and oxygen atoms in total. The number of thiophene rings is 1. The van der Waals surface area contributed by atoms with Crippen LogP contribution in [-0.4, -0.2) is 38.0 Å². The Morgan fingerprint density at radius 3 is 2.52 bits per heavy atom. The number of ether oxygens (including phenoxy) is 2. The molecule has 0 aliphatic carbocycles. The summed E-state index contributed by atoms with van der Waals surface area (Å²) >= 11 is 1.24. The van der Waals surface area contributed by atoms with E-state index in [1.165, 1.54) is 18.4 Å². The summed E-state index contributed by atoms with van der Waals surface area (Å²) in [4.78, 5) is 36.8. The van der Waals surface area contributed by atoms with Gasteiger partial charge in [-0.3, -0.25) is 9.59 Å². The Labute approximate surface area is 184 Å². The number of hydrogen-bond donors (Lipinski definition) is 2. The van der Waals surface area contributed by atoms with E-state index in [4.69, 9.17) is 9.47 Å². The first-order chi connectivity index (χ1) is 15.0. The van der Waals surface area contributed by atoms with Crippen LogP contribution >= 0.6 is 11.3 Å². The monoisotopic (exact) mass is 438 g/mol. The van der Waals surface area contributed by atoms with Gasteiger partial charge in [0, 0.05) is 23.6 Å². The Kier molecular flexibility index (Phi) is 7.40. The lowest BCUT2D eigenvalue weighted by molar-refractivity contribution is -0.118. The standard InChI is InChI=1S/C23H22N2O5S/c1-3-29-23(28)20-18(15-8-5-4-6-9-15)14-31-22(20)25-19(26)13-30-17-11-7-10-16(12-17)21(27)24-2/h4-12,14H,3,13H2,1-2H3,(H,24,27)(H,25,26). The van der Waals surface area contributed by atoms with Crippen molar-refractivity contribution in [2.75, 3.05) is 25.6 Å². The fraction of sp³-hybridized carbons (Fsp3) is 0.174. The van der Waals surface area contributed by atoms with Gasteiger partial charge in [-0.15, -0.1) is 11.3 Å². The van der Waals surface area contributed by atoms with E-state index in [0.29, 0.717) is 27.4 Å². The van der Waals surface area contributed by atoms with Gasteiger partial charge < -0.3 is 20.1 Å². The summed E-state index contributed by atoms with van der Waals surface area (Å²) in [6.07, 6.45) is 0. The lowest BCUT2D eigenvalue weighted by Gasteiger charge is -2.10. The maximum Gasteiger partial charge on any atom is 0.341 e. The Hall–Kier alpha value is -3.65. The summed E-state index contributed by atoms with van der Waals surface area (Å²) < 4.78 is 10.7. The average Bonchev–Trinajstić information content (AvgIpc) is 3.21. The molecule has 160 valence electrons. The number of esters is 1. The van der Waals surface area contributed by atoms with Crippen LogP contribution in [0.3, 0.4) is 0 Å². The second kappa shape index (κ2) is 10.4. The second-order valence-electron chi connectivity index (χ2n) is 6.38. The number of hydrogen-bond acceptors (Lipinski definition) is 6. The molecule has 2 amide bonds. The number of nitrogens with one attached hydrogen (secondary N) is 2. The molecule has 0 fully saturated rings. The molecule has 2 aromatic carbocycles. The minimum absolute atomic E-state index is 0.223. The van der Waals surface area contributed by atoms with Gasteiger partial charge >= 0.3 is 5.97 Å². The molecule has 0 aliphatic rings. The fourth-order valence-corrected chi connectivity index (χ4v) is 3.84. The quantitative estimate of drug-likeness (QED) is 0.519. The summed E-state index contributed by atoms with van der Waals surface area (Å²) in [6.45, 7) is 1.67. The Morgan fingerprint density at radius 1 is 1.03 bits per heavy atom. The Morgan fingerprint density at radius 2 is 1.81 bits per heavy atom. The molecule has 0 aliphatic heterocycles. The summed E-state index contributed by atoms with van der Waals surface area (Å²) in [5, 5.41) is 7.47. The topological polar surface area (TPSA) is 93.7 Å². The number of anilines is 1. The van der Waals surface area contributed by atoms with Crippen molar-refractivity contribution in [2.24, 2.45) is 0 Å². The first kappa shape index (κ1) is 22.0. The second-order valence-corrected chi connectivity index (χ2v) is 7.26. The normalized spacial score (nSPS) is 10.3. The van der Waals surface area contributed by atoms with Gasteiger partial charge in [-0.1, -0.05) is 36.4 Å². The molecule has 3 rings (SSSR count). The van der Waals surface area contributed by atoms with E-state index in [2.05, 4.69) is 10.6 Å². The third-order valence-corrected chi connectivity index (χ3v) is 5.20. The van der Waals surface area contributed by atoms with Gasteiger partial charge in [-0.2, -0.15) is 0 Å². The molecule has 0 unspecified atom stereocenters. The van der Waals surface area contributed by atoms with E-state index in [1.807, 2.05) is 35.7 Å². The summed E-state index contributed by atoms with van der Waals surface area (Å²) in [5.74, 6) is -0.798. The average molecular weight is 439 g/mol. The van der Waals surface area contributed by atoms with Crippen LogP contribution in [0, 0.1) is 0 Å². The SMILES string of the molecule is CCOC(=O)c1c(-c2ccccc2)csc1NC(=O)COc1cccc(C(=O)NC)c1. The first-order valence-corrected chi connectivity index (χ1v) is 10.5. The smallest absolute Gasteiger partial charge is 0.341 e.